The fourth-order valence-electron chi connectivity index (χ4n) is 4.67. The van der Waals surface area contributed by atoms with Gasteiger partial charge in [0.25, 0.3) is 11.1 Å². The Morgan fingerprint density at radius 2 is 1.00 bits per heavy atom. The van der Waals surface area contributed by atoms with Crippen LogP contribution in [0.1, 0.15) is 25.0 Å². The first kappa shape index (κ1) is 29.4. The lowest BCUT2D eigenvalue weighted by Crippen LogP contribution is -2.36. The van der Waals surface area contributed by atoms with Gasteiger partial charge in [0.05, 0.1) is 22.5 Å². The maximum atomic E-state index is 12.5. The van der Waals surface area contributed by atoms with Crippen LogP contribution in [0.2, 0.25) is 0 Å². The molecule has 2 aromatic carbocycles. The predicted molar refractivity (Wildman–Crippen MR) is 151 cm³/mol. The van der Waals surface area contributed by atoms with Crippen molar-refractivity contribution in [2.45, 2.75) is 37.1 Å². The van der Waals surface area contributed by atoms with Crippen molar-refractivity contribution >= 4 is 29.3 Å². The van der Waals surface area contributed by atoms with E-state index in [0.717, 1.165) is 0 Å². The largest absolute Gasteiger partial charge is 0.510 e. The number of benzene rings is 2. The van der Waals surface area contributed by atoms with Crippen LogP contribution in [-0.2, 0) is 30.1 Å². The van der Waals surface area contributed by atoms with Crippen LogP contribution in [0.15, 0.2) is 97.1 Å². The van der Waals surface area contributed by atoms with Crippen molar-refractivity contribution in [3.05, 3.63) is 128 Å². The van der Waals surface area contributed by atoms with Gasteiger partial charge < -0.3 is 20.1 Å². The molecule has 2 aliphatic rings. The van der Waals surface area contributed by atoms with Crippen LogP contribution in [0.25, 0.3) is 0 Å². The Morgan fingerprint density at radius 1 is 0.667 bits per heavy atom. The van der Waals surface area contributed by atoms with Gasteiger partial charge in [0.2, 0.25) is 11.8 Å². The van der Waals surface area contributed by atoms with E-state index in [4.69, 9.17) is 9.47 Å². The van der Waals surface area contributed by atoms with Gasteiger partial charge in [-0.1, -0.05) is 24.3 Å². The quantitative estimate of drug-likeness (QED) is 0.200. The number of nitro groups is 2. The van der Waals surface area contributed by atoms with E-state index in [1.54, 1.807) is 36.4 Å². The Morgan fingerprint density at radius 3 is 1.31 bits per heavy atom. The van der Waals surface area contributed by atoms with Gasteiger partial charge in [-0.2, -0.15) is 0 Å². The van der Waals surface area contributed by atoms with Gasteiger partial charge in [0, 0.05) is 48.0 Å². The first-order valence-corrected chi connectivity index (χ1v) is 12.6. The third kappa shape index (κ3) is 5.94. The van der Waals surface area contributed by atoms with Crippen molar-refractivity contribution in [1.82, 2.24) is 0 Å². The number of carbonyl (C=O) groups excluding carboxylic acids is 3. The van der Waals surface area contributed by atoms with E-state index in [1.165, 1.54) is 74.6 Å². The number of nitrogens with one attached hydrogen (secondary N) is 2. The Labute approximate surface area is 239 Å². The van der Waals surface area contributed by atoms with E-state index >= 15 is 0 Å². The van der Waals surface area contributed by atoms with E-state index in [-0.39, 0.29) is 22.5 Å². The molecule has 13 heteroatoms. The monoisotopic (exact) mass is 574 g/mol. The summed E-state index contributed by atoms with van der Waals surface area (Å²) in [5.74, 6) is -0.793. The second-order valence-electron chi connectivity index (χ2n) is 9.47. The lowest BCUT2D eigenvalue weighted by atomic mass is 9.85. The lowest BCUT2D eigenvalue weighted by Gasteiger charge is -2.26. The third-order valence-corrected chi connectivity index (χ3v) is 6.57. The minimum atomic E-state index is -1.82. The van der Waals surface area contributed by atoms with Crippen molar-refractivity contribution in [2.24, 2.45) is 0 Å². The summed E-state index contributed by atoms with van der Waals surface area (Å²) in [6.45, 7) is 2.58. The van der Waals surface area contributed by atoms with Crippen LogP contribution in [-0.4, -0.2) is 40.0 Å². The average Bonchev–Trinajstić information content (AvgIpc) is 2.94. The molecule has 2 aliphatic carbocycles. The number of para-hydroxylation sites is 2. The van der Waals surface area contributed by atoms with Crippen molar-refractivity contribution in [1.29, 1.82) is 0 Å². The van der Waals surface area contributed by atoms with E-state index < -0.39 is 51.1 Å². The van der Waals surface area contributed by atoms with Crippen LogP contribution < -0.4 is 10.6 Å². The fraction of sp³-hybridized carbons (Fsp3) is 0.207. The molecule has 42 heavy (non-hydrogen) atoms. The number of hydrogen-bond donors (Lipinski definition) is 2. The minimum absolute atomic E-state index is 0.213. The standard InChI is InChI=1S/C29H26N4O9/c1-19(34)30-25-9-5-3-7-23(25)28(32(37)38)15-11-21(12-16-28)41-27(36)42-22-13-17-29(18-14-22,33(39)40)24-8-4-6-10-26(24)31-20(2)35/h3-18,21-22H,1-2H3,(H,30,34)(H,31,35). The first-order chi connectivity index (χ1) is 20.0. The number of nitrogens with zero attached hydrogens (tertiary/aromatic N) is 2. The van der Waals surface area contributed by atoms with Gasteiger partial charge in [0.1, 0.15) is 12.2 Å². The van der Waals surface area contributed by atoms with E-state index in [0.29, 0.717) is 0 Å². The molecular weight excluding hydrogens is 548 g/mol. The number of anilines is 2. The minimum Gasteiger partial charge on any atom is -0.422 e. The average molecular weight is 575 g/mol. The molecule has 2 N–H and O–H groups in total. The highest BCUT2D eigenvalue weighted by atomic mass is 16.7. The Hall–Kier alpha value is -5.59. The normalized spacial score (nSPS) is 24.0. The molecule has 0 atom stereocenters. The zero-order valence-electron chi connectivity index (χ0n) is 22.5. The molecule has 0 unspecified atom stereocenters. The van der Waals surface area contributed by atoms with Crippen molar-refractivity contribution < 1.29 is 33.7 Å². The molecule has 0 heterocycles. The summed E-state index contributed by atoms with van der Waals surface area (Å²) >= 11 is 0. The SMILES string of the molecule is CC(=O)Nc1ccccc1C1([N+](=O)[O-])C=CC(OC(=O)OC2C=CC(c3ccccc3NC(C)=O)([N+](=O)[O-])C=C2)C=C1. The summed E-state index contributed by atoms with van der Waals surface area (Å²) in [6.07, 6.45) is 7.16. The second-order valence-corrected chi connectivity index (χ2v) is 9.47. The predicted octanol–water partition coefficient (Wildman–Crippen LogP) is 4.39. The molecule has 2 amide bonds. The van der Waals surface area contributed by atoms with Crippen LogP contribution in [0.4, 0.5) is 16.2 Å². The first-order valence-electron chi connectivity index (χ1n) is 12.6. The van der Waals surface area contributed by atoms with E-state index in [1.807, 2.05) is 0 Å². The molecule has 0 saturated heterocycles. The highest BCUT2D eigenvalue weighted by molar-refractivity contribution is 5.90. The maximum absolute atomic E-state index is 12.5. The topological polar surface area (TPSA) is 180 Å². The Bertz CT molecular complexity index is 1420. The number of amides is 2. The van der Waals surface area contributed by atoms with Crippen molar-refractivity contribution in [2.75, 3.05) is 10.6 Å². The molecule has 2 aromatic rings. The molecule has 4 rings (SSSR count). The van der Waals surface area contributed by atoms with Crippen molar-refractivity contribution in [3.8, 4) is 0 Å². The van der Waals surface area contributed by atoms with Gasteiger partial charge >= 0.3 is 6.16 Å². The van der Waals surface area contributed by atoms with Crippen LogP contribution in [0.5, 0.6) is 0 Å². The third-order valence-electron chi connectivity index (χ3n) is 6.57. The van der Waals surface area contributed by atoms with Gasteiger partial charge in [-0.25, -0.2) is 4.79 Å². The lowest BCUT2D eigenvalue weighted by molar-refractivity contribution is -0.549. The molecule has 13 nitrogen and oxygen atoms in total. The summed E-state index contributed by atoms with van der Waals surface area (Å²) in [7, 11) is 0. The van der Waals surface area contributed by atoms with Gasteiger partial charge in [-0.05, 0) is 48.6 Å². The Balaban J connectivity index is 1.46. The second kappa shape index (κ2) is 11.9. The molecule has 0 saturated carbocycles. The summed E-state index contributed by atoms with van der Waals surface area (Å²) in [5, 5.41) is 29.5. The fourth-order valence-corrected chi connectivity index (χ4v) is 4.67. The van der Waals surface area contributed by atoms with Crippen LogP contribution in [0, 0.1) is 20.2 Å². The van der Waals surface area contributed by atoms with Crippen LogP contribution >= 0.6 is 0 Å². The summed E-state index contributed by atoms with van der Waals surface area (Å²) in [5.41, 5.74) is -2.70. The number of hydrogen-bond acceptors (Lipinski definition) is 9. The molecule has 0 radical (unpaired) electrons. The van der Waals surface area contributed by atoms with Crippen molar-refractivity contribution in [3.63, 3.8) is 0 Å². The summed E-state index contributed by atoms with van der Waals surface area (Å²) in [6, 6.07) is 12.6. The maximum Gasteiger partial charge on any atom is 0.510 e. The molecule has 0 aliphatic heterocycles. The number of ether oxygens (including phenoxy) is 2. The smallest absolute Gasteiger partial charge is 0.422 e. The molecule has 216 valence electrons. The number of carbonyl (C=O) groups is 3. The van der Waals surface area contributed by atoms with Gasteiger partial charge in [-0.15, -0.1) is 0 Å². The summed E-state index contributed by atoms with van der Waals surface area (Å²) in [4.78, 5) is 59.0. The van der Waals surface area contributed by atoms with Gasteiger partial charge in [0.15, 0.2) is 0 Å². The van der Waals surface area contributed by atoms with Crippen LogP contribution in [0.3, 0.4) is 0 Å². The molecule has 0 aromatic heterocycles. The van der Waals surface area contributed by atoms with E-state index in [2.05, 4.69) is 10.6 Å². The Kier molecular flexibility index (Phi) is 8.31. The highest BCUT2D eigenvalue weighted by Gasteiger charge is 2.45. The molecular formula is C29H26N4O9. The van der Waals surface area contributed by atoms with Gasteiger partial charge in [-0.3, -0.25) is 29.8 Å². The number of rotatable bonds is 8. The molecule has 0 fully saturated rings. The molecule has 0 spiro atoms. The van der Waals surface area contributed by atoms with E-state index in [9.17, 15) is 34.6 Å². The highest BCUT2D eigenvalue weighted by Crippen LogP contribution is 2.38. The zero-order chi connectivity index (χ0) is 30.5. The summed E-state index contributed by atoms with van der Waals surface area (Å²) < 4.78 is 10.5. The zero-order valence-corrected chi connectivity index (χ0v) is 22.5. The molecule has 0 bridgehead atoms.